The summed E-state index contributed by atoms with van der Waals surface area (Å²) < 4.78 is 1.34. The average molecular weight is 375 g/mol. The van der Waals surface area contributed by atoms with Gasteiger partial charge >= 0.3 is 0 Å². The third-order valence-corrected chi connectivity index (χ3v) is 4.89. The summed E-state index contributed by atoms with van der Waals surface area (Å²) in [7, 11) is 1.64. The minimum absolute atomic E-state index is 0.0550. The van der Waals surface area contributed by atoms with E-state index in [1.54, 1.807) is 30.4 Å². The summed E-state index contributed by atoms with van der Waals surface area (Å²) in [5.41, 5.74) is 3.98. The number of benzene rings is 1. The molecule has 142 valence electrons. The Morgan fingerprint density at radius 2 is 2.07 bits per heavy atom. The molecule has 7 heteroatoms. The number of nitrogens with one attached hydrogen (secondary N) is 1. The maximum absolute atomic E-state index is 13.2. The van der Waals surface area contributed by atoms with Crippen molar-refractivity contribution >= 4 is 11.6 Å². The molecule has 0 aliphatic carbocycles. The standard InChI is InChI=1S/C21H21N5O2/c1-25-20(27)11-16-14-26(10-8-18(16)24-25)21(28)17-6-2-3-7-19(17)23-13-15-5-4-9-22-12-15/h2-7,9,11-12,23H,8,10,13-14H2,1H3. The highest BCUT2D eigenvalue weighted by Gasteiger charge is 2.25. The molecule has 1 aromatic carbocycles. The van der Waals surface area contributed by atoms with E-state index in [9.17, 15) is 9.59 Å². The van der Waals surface area contributed by atoms with Crippen molar-refractivity contribution in [1.82, 2.24) is 19.7 Å². The lowest BCUT2D eigenvalue weighted by molar-refractivity contribution is 0.0733. The molecule has 0 saturated carbocycles. The van der Waals surface area contributed by atoms with Crippen molar-refractivity contribution in [2.24, 2.45) is 7.05 Å². The van der Waals surface area contributed by atoms with Crippen LogP contribution in [0.25, 0.3) is 0 Å². The van der Waals surface area contributed by atoms with Crippen LogP contribution in [0.4, 0.5) is 5.69 Å². The van der Waals surface area contributed by atoms with E-state index in [0.29, 0.717) is 31.6 Å². The summed E-state index contributed by atoms with van der Waals surface area (Å²) in [5.74, 6) is -0.0550. The minimum Gasteiger partial charge on any atom is -0.380 e. The van der Waals surface area contributed by atoms with E-state index in [0.717, 1.165) is 22.5 Å². The van der Waals surface area contributed by atoms with Crippen molar-refractivity contribution in [2.75, 3.05) is 11.9 Å². The molecular formula is C21H21N5O2. The number of aryl methyl sites for hydroxylation is 1. The van der Waals surface area contributed by atoms with Gasteiger partial charge in [0, 0.05) is 62.8 Å². The number of amides is 1. The van der Waals surface area contributed by atoms with E-state index in [4.69, 9.17) is 0 Å². The van der Waals surface area contributed by atoms with Crippen molar-refractivity contribution in [1.29, 1.82) is 0 Å². The van der Waals surface area contributed by atoms with Gasteiger partial charge in [-0.1, -0.05) is 18.2 Å². The SMILES string of the molecule is Cn1nc2c(cc1=O)CN(C(=O)c1ccccc1NCc1cccnc1)CC2. The number of fused-ring (bicyclic) bond motifs is 1. The molecule has 0 unspecified atom stereocenters. The van der Waals surface area contributed by atoms with E-state index in [1.807, 2.05) is 36.4 Å². The summed E-state index contributed by atoms with van der Waals surface area (Å²) in [4.78, 5) is 30.9. The van der Waals surface area contributed by atoms with Crippen LogP contribution in [0.3, 0.4) is 0 Å². The molecule has 0 fully saturated rings. The maximum atomic E-state index is 13.2. The van der Waals surface area contributed by atoms with Gasteiger partial charge in [0.1, 0.15) is 0 Å². The molecule has 0 spiro atoms. The fourth-order valence-corrected chi connectivity index (χ4v) is 3.36. The van der Waals surface area contributed by atoms with E-state index in [2.05, 4.69) is 15.4 Å². The molecule has 1 aliphatic rings. The molecule has 0 bridgehead atoms. The van der Waals surface area contributed by atoms with E-state index < -0.39 is 0 Å². The Kier molecular flexibility index (Phi) is 4.89. The zero-order valence-electron chi connectivity index (χ0n) is 15.6. The summed E-state index contributed by atoms with van der Waals surface area (Å²) in [6.07, 6.45) is 4.17. The van der Waals surface area contributed by atoms with Crippen molar-refractivity contribution in [3.63, 3.8) is 0 Å². The van der Waals surface area contributed by atoms with Gasteiger partial charge in [0.15, 0.2) is 0 Å². The zero-order valence-corrected chi connectivity index (χ0v) is 15.6. The summed E-state index contributed by atoms with van der Waals surface area (Å²) >= 11 is 0. The number of pyridine rings is 1. The summed E-state index contributed by atoms with van der Waals surface area (Å²) in [6, 6.07) is 12.9. The quantitative estimate of drug-likeness (QED) is 0.754. The molecular weight excluding hydrogens is 354 g/mol. The number of rotatable bonds is 4. The normalized spacial score (nSPS) is 13.1. The molecule has 7 nitrogen and oxygen atoms in total. The van der Waals surface area contributed by atoms with Crippen LogP contribution in [0.15, 0.2) is 59.7 Å². The zero-order chi connectivity index (χ0) is 19.5. The lowest BCUT2D eigenvalue weighted by Gasteiger charge is -2.29. The largest absolute Gasteiger partial charge is 0.380 e. The van der Waals surface area contributed by atoms with Crippen LogP contribution < -0.4 is 10.9 Å². The van der Waals surface area contributed by atoms with Crippen LogP contribution >= 0.6 is 0 Å². The monoisotopic (exact) mass is 375 g/mol. The fraction of sp³-hybridized carbons (Fsp3) is 0.238. The van der Waals surface area contributed by atoms with Crippen LogP contribution in [0, 0.1) is 0 Å². The minimum atomic E-state index is -0.161. The van der Waals surface area contributed by atoms with Gasteiger partial charge < -0.3 is 10.2 Å². The Morgan fingerprint density at radius 3 is 2.89 bits per heavy atom. The van der Waals surface area contributed by atoms with Gasteiger partial charge in [-0.2, -0.15) is 5.10 Å². The first-order valence-electron chi connectivity index (χ1n) is 9.19. The van der Waals surface area contributed by atoms with Crippen molar-refractivity contribution in [3.05, 3.63) is 87.6 Å². The van der Waals surface area contributed by atoms with Gasteiger partial charge in [-0.15, -0.1) is 0 Å². The second-order valence-electron chi connectivity index (χ2n) is 6.82. The molecule has 28 heavy (non-hydrogen) atoms. The molecule has 0 radical (unpaired) electrons. The maximum Gasteiger partial charge on any atom is 0.266 e. The Morgan fingerprint density at radius 1 is 1.21 bits per heavy atom. The molecule has 4 rings (SSSR count). The number of hydrogen-bond acceptors (Lipinski definition) is 5. The molecule has 3 aromatic rings. The summed E-state index contributed by atoms with van der Waals surface area (Å²) in [6.45, 7) is 1.56. The van der Waals surface area contributed by atoms with Gasteiger partial charge in [-0.3, -0.25) is 14.6 Å². The second kappa shape index (κ2) is 7.64. The highest BCUT2D eigenvalue weighted by molar-refractivity contribution is 5.99. The molecule has 1 amide bonds. The molecule has 0 saturated heterocycles. The lowest BCUT2D eigenvalue weighted by Crippen LogP contribution is -2.38. The Hall–Kier alpha value is -3.48. The first kappa shape index (κ1) is 17.9. The first-order valence-corrected chi connectivity index (χ1v) is 9.19. The molecule has 0 atom stereocenters. The van der Waals surface area contributed by atoms with Crippen LogP contribution in [-0.2, 0) is 26.6 Å². The van der Waals surface area contributed by atoms with Gasteiger partial charge in [0.05, 0.1) is 11.3 Å². The van der Waals surface area contributed by atoms with Gasteiger partial charge in [-0.25, -0.2) is 4.68 Å². The number of hydrogen-bond donors (Lipinski definition) is 1. The van der Waals surface area contributed by atoms with Crippen LogP contribution in [0.5, 0.6) is 0 Å². The molecule has 2 aromatic heterocycles. The highest BCUT2D eigenvalue weighted by Crippen LogP contribution is 2.22. The predicted octanol–water partition coefficient (Wildman–Crippen LogP) is 1.99. The average Bonchev–Trinajstić information content (AvgIpc) is 2.73. The number of nitrogens with zero attached hydrogens (tertiary/aromatic N) is 4. The first-order chi connectivity index (χ1) is 13.6. The smallest absolute Gasteiger partial charge is 0.266 e. The summed E-state index contributed by atoms with van der Waals surface area (Å²) in [5, 5.41) is 7.64. The third-order valence-electron chi connectivity index (χ3n) is 4.89. The molecule has 3 heterocycles. The number of para-hydroxylation sites is 1. The Balaban J connectivity index is 1.53. The van der Waals surface area contributed by atoms with Gasteiger partial charge in [-0.05, 0) is 23.8 Å². The Labute approximate surface area is 162 Å². The molecule has 1 aliphatic heterocycles. The lowest BCUT2D eigenvalue weighted by atomic mass is 10.0. The topological polar surface area (TPSA) is 80.1 Å². The van der Waals surface area contributed by atoms with Gasteiger partial charge in [0.2, 0.25) is 0 Å². The third kappa shape index (κ3) is 3.64. The Bertz CT molecular complexity index is 1060. The van der Waals surface area contributed by atoms with E-state index in [1.165, 1.54) is 4.68 Å². The number of carbonyl (C=O) groups is 1. The van der Waals surface area contributed by atoms with Crippen LogP contribution in [0.2, 0.25) is 0 Å². The van der Waals surface area contributed by atoms with Crippen molar-refractivity contribution in [3.8, 4) is 0 Å². The molecule has 1 N–H and O–H groups in total. The highest BCUT2D eigenvalue weighted by atomic mass is 16.2. The number of anilines is 1. The number of aromatic nitrogens is 3. The van der Waals surface area contributed by atoms with Crippen molar-refractivity contribution < 1.29 is 4.79 Å². The second-order valence-corrected chi connectivity index (χ2v) is 6.82. The predicted molar refractivity (Wildman–Crippen MR) is 106 cm³/mol. The number of carbonyl (C=O) groups excluding carboxylic acids is 1. The van der Waals surface area contributed by atoms with Crippen LogP contribution in [0.1, 0.15) is 27.2 Å². The fourth-order valence-electron chi connectivity index (χ4n) is 3.36. The van der Waals surface area contributed by atoms with E-state index >= 15 is 0 Å². The van der Waals surface area contributed by atoms with Gasteiger partial charge in [0.25, 0.3) is 11.5 Å². The van der Waals surface area contributed by atoms with E-state index in [-0.39, 0.29) is 11.5 Å². The van der Waals surface area contributed by atoms with Crippen LogP contribution in [-0.4, -0.2) is 32.1 Å². The van der Waals surface area contributed by atoms with Crippen molar-refractivity contribution in [2.45, 2.75) is 19.5 Å².